The van der Waals surface area contributed by atoms with Crippen molar-refractivity contribution in [2.24, 2.45) is 5.92 Å². The number of allylic oxidation sites excluding steroid dienone is 2. The summed E-state index contributed by atoms with van der Waals surface area (Å²) in [6.45, 7) is 7.67. The van der Waals surface area contributed by atoms with Crippen molar-refractivity contribution < 1.29 is 4.79 Å². The number of benzene rings is 1. The Morgan fingerprint density at radius 2 is 1.81 bits per heavy atom. The second-order valence-electron chi connectivity index (χ2n) is 7.63. The molecule has 0 spiro atoms. The van der Waals surface area contributed by atoms with Crippen LogP contribution in [0.3, 0.4) is 0 Å². The molecule has 1 N–H and O–H groups in total. The summed E-state index contributed by atoms with van der Waals surface area (Å²) in [5.74, 6) is 0.693. The number of rotatable bonds is 9. The molecule has 1 aliphatic carbocycles. The normalized spacial score (nSPS) is 21.2. The average Bonchev–Trinajstić information content (AvgIpc) is 3.16. The van der Waals surface area contributed by atoms with Crippen LogP contribution in [0.1, 0.15) is 37.7 Å². The minimum absolute atomic E-state index is 0.219. The molecule has 1 saturated heterocycles. The molecule has 1 amide bonds. The molecule has 0 bridgehead atoms. The Kier molecular flexibility index (Phi) is 7.71. The van der Waals surface area contributed by atoms with Gasteiger partial charge in [0.25, 0.3) is 0 Å². The Balaban J connectivity index is 1.21. The van der Waals surface area contributed by atoms with Crippen LogP contribution in [0.15, 0.2) is 42.5 Å². The Morgan fingerprint density at radius 1 is 1.04 bits per heavy atom. The number of hydrogen-bond acceptors (Lipinski definition) is 3. The lowest BCUT2D eigenvalue weighted by atomic mass is 10.1. The zero-order valence-electron chi connectivity index (χ0n) is 15.9. The maximum absolute atomic E-state index is 11.9. The van der Waals surface area contributed by atoms with Gasteiger partial charge in [-0.1, -0.05) is 42.5 Å². The van der Waals surface area contributed by atoms with Gasteiger partial charge in [-0.3, -0.25) is 9.69 Å². The maximum atomic E-state index is 11.9. The molecular weight excluding hydrogens is 322 g/mol. The first-order valence-corrected chi connectivity index (χ1v) is 10.2. The van der Waals surface area contributed by atoms with Crippen molar-refractivity contribution in [1.29, 1.82) is 0 Å². The van der Waals surface area contributed by atoms with Crippen molar-refractivity contribution in [3.05, 3.63) is 48.0 Å². The molecule has 4 nitrogen and oxygen atoms in total. The van der Waals surface area contributed by atoms with E-state index >= 15 is 0 Å². The molecule has 1 atom stereocenters. The van der Waals surface area contributed by atoms with Gasteiger partial charge in [-0.2, -0.15) is 0 Å². The van der Waals surface area contributed by atoms with Crippen LogP contribution in [0.5, 0.6) is 0 Å². The number of unbranched alkanes of at least 4 members (excludes halogenated alkanes) is 1. The highest BCUT2D eigenvalue weighted by Crippen LogP contribution is 2.19. The Labute approximate surface area is 158 Å². The molecule has 26 heavy (non-hydrogen) atoms. The van der Waals surface area contributed by atoms with E-state index < -0.39 is 0 Å². The van der Waals surface area contributed by atoms with Gasteiger partial charge in [0, 0.05) is 45.7 Å². The maximum Gasteiger partial charge on any atom is 0.220 e. The number of amides is 1. The predicted octanol–water partition coefficient (Wildman–Crippen LogP) is 3.06. The van der Waals surface area contributed by atoms with Gasteiger partial charge in [0.2, 0.25) is 5.91 Å². The summed E-state index contributed by atoms with van der Waals surface area (Å²) in [6.07, 6.45) is 9.58. The Hall–Kier alpha value is -1.65. The van der Waals surface area contributed by atoms with E-state index in [1.165, 1.54) is 12.0 Å². The minimum Gasteiger partial charge on any atom is -0.356 e. The van der Waals surface area contributed by atoms with Crippen LogP contribution in [0.4, 0.5) is 0 Å². The molecule has 0 aromatic heterocycles. The average molecular weight is 356 g/mol. The van der Waals surface area contributed by atoms with Crippen LogP contribution < -0.4 is 5.32 Å². The molecule has 1 aromatic rings. The zero-order chi connectivity index (χ0) is 18.0. The SMILES string of the molecule is O=C(CC1C=CCC1)NCCCCN1CCN(Cc2ccccc2)CC1. The number of piperazine rings is 1. The summed E-state index contributed by atoms with van der Waals surface area (Å²) < 4.78 is 0. The summed E-state index contributed by atoms with van der Waals surface area (Å²) in [7, 11) is 0. The summed E-state index contributed by atoms with van der Waals surface area (Å²) in [5, 5.41) is 3.08. The lowest BCUT2D eigenvalue weighted by Gasteiger charge is -2.34. The molecule has 4 heteroatoms. The fraction of sp³-hybridized carbons (Fsp3) is 0.591. The van der Waals surface area contributed by atoms with Crippen molar-refractivity contribution >= 4 is 5.91 Å². The van der Waals surface area contributed by atoms with Gasteiger partial charge in [0.1, 0.15) is 0 Å². The van der Waals surface area contributed by atoms with E-state index in [9.17, 15) is 4.79 Å². The van der Waals surface area contributed by atoms with E-state index in [0.717, 1.165) is 65.1 Å². The molecule has 142 valence electrons. The lowest BCUT2D eigenvalue weighted by molar-refractivity contribution is -0.121. The van der Waals surface area contributed by atoms with Crippen LogP contribution in [0, 0.1) is 5.92 Å². The Bertz CT molecular complexity index is 564. The first kappa shape index (κ1) is 19.1. The quantitative estimate of drug-likeness (QED) is 0.546. The number of nitrogens with zero attached hydrogens (tertiary/aromatic N) is 2. The summed E-state index contributed by atoms with van der Waals surface area (Å²) in [6, 6.07) is 10.7. The van der Waals surface area contributed by atoms with Crippen molar-refractivity contribution in [1.82, 2.24) is 15.1 Å². The molecule has 1 aromatic carbocycles. The van der Waals surface area contributed by atoms with E-state index in [1.807, 2.05) is 0 Å². The molecule has 1 unspecified atom stereocenters. The third-order valence-corrected chi connectivity index (χ3v) is 5.50. The van der Waals surface area contributed by atoms with E-state index in [1.54, 1.807) is 0 Å². The monoisotopic (exact) mass is 355 g/mol. The van der Waals surface area contributed by atoms with Crippen LogP contribution in [0.2, 0.25) is 0 Å². The van der Waals surface area contributed by atoms with Gasteiger partial charge < -0.3 is 10.2 Å². The number of hydrogen-bond donors (Lipinski definition) is 1. The van der Waals surface area contributed by atoms with E-state index in [-0.39, 0.29) is 5.91 Å². The molecule has 3 rings (SSSR count). The number of carbonyl (C=O) groups excluding carboxylic acids is 1. The third kappa shape index (κ3) is 6.58. The second-order valence-corrected chi connectivity index (χ2v) is 7.63. The molecule has 2 aliphatic rings. The first-order valence-electron chi connectivity index (χ1n) is 10.2. The van der Waals surface area contributed by atoms with Gasteiger partial charge in [0.05, 0.1) is 0 Å². The molecule has 0 saturated carbocycles. The highest BCUT2D eigenvalue weighted by molar-refractivity contribution is 5.76. The summed E-state index contributed by atoms with van der Waals surface area (Å²) >= 11 is 0. The summed E-state index contributed by atoms with van der Waals surface area (Å²) in [5.41, 5.74) is 1.41. The van der Waals surface area contributed by atoms with Gasteiger partial charge in [0.15, 0.2) is 0 Å². The van der Waals surface area contributed by atoms with Crippen LogP contribution in [-0.2, 0) is 11.3 Å². The minimum atomic E-state index is 0.219. The number of nitrogens with one attached hydrogen (secondary N) is 1. The van der Waals surface area contributed by atoms with E-state index in [4.69, 9.17) is 0 Å². The first-order chi connectivity index (χ1) is 12.8. The van der Waals surface area contributed by atoms with Gasteiger partial charge >= 0.3 is 0 Å². The highest BCUT2D eigenvalue weighted by Gasteiger charge is 2.16. The van der Waals surface area contributed by atoms with Gasteiger partial charge in [-0.15, -0.1) is 0 Å². The standard InChI is InChI=1S/C22H33N3O/c26-22(18-20-8-4-5-9-20)23-12-6-7-13-24-14-16-25(17-15-24)19-21-10-2-1-3-11-21/h1-4,8,10-11,20H,5-7,9,12-19H2,(H,23,26). The number of carbonyl (C=O) groups is 1. The smallest absolute Gasteiger partial charge is 0.220 e. The second kappa shape index (κ2) is 10.5. The fourth-order valence-corrected chi connectivity index (χ4v) is 3.88. The third-order valence-electron chi connectivity index (χ3n) is 5.50. The molecule has 1 fully saturated rings. The summed E-state index contributed by atoms with van der Waals surface area (Å²) in [4.78, 5) is 17.0. The van der Waals surface area contributed by atoms with Crippen molar-refractivity contribution in [2.45, 2.75) is 38.6 Å². The van der Waals surface area contributed by atoms with Crippen molar-refractivity contribution in [3.63, 3.8) is 0 Å². The largest absolute Gasteiger partial charge is 0.356 e. The molecular formula is C22H33N3O. The molecule has 0 radical (unpaired) electrons. The lowest BCUT2D eigenvalue weighted by Crippen LogP contribution is -2.46. The van der Waals surface area contributed by atoms with Gasteiger partial charge in [-0.05, 0) is 43.7 Å². The van der Waals surface area contributed by atoms with Crippen LogP contribution in [-0.4, -0.2) is 55.0 Å². The predicted molar refractivity (Wildman–Crippen MR) is 107 cm³/mol. The Morgan fingerprint density at radius 3 is 2.54 bits per heavy atom. The zero-order valence-corrected chi connectivity index (χ0v) is 15.9. The van der Waals surface area contributed by atoms with Crippen molar-refractivity contribution in [2.75, 3.05) is 39.3 Å². The highest BCUT2D eigenvalue weighted by atomic mass is 16.1. The van der Waals surface area contributed by atoms with Crippen LogP contribution >= 0.6 is 0 Å². The topological polar surface area (TPSA) is 35.6 Å². The van der Waals surface area contributed by atoms with Crippen molar-refractivity contribution in [3.8, 4) is 0 Å². The van der Waals surface area contributed by atoms with Gasteiger partial charge in [-0.25, -0.2) is 0 Å². The van der Waals surface area contributed by atoms with E-state index in [0.29, 0.717) is 12.3 Å². The molecule has 1 heterocycles. The van der Waals surface area contributed by atoms with E-state index in [2.05, 4.69) is 57.6 Å². The molecule has 1 aliphatic heterocycles. The fourth-order valence-electron chi connectivity index (χ4n) is 3.88. The van der Waals surface area contributed by atoms with Crippen LogP contribution in [0.25, 0.3) is 0 Å².